The third kappa shape index (κ3) is 15.5. The molecule has 1 aromatic carbocycles. The van der Waals surface area contributed by atoms with Gasteiger partial charge in [-0.15, -0.1) is 6.58 Å². The summed E-state index contributed by atoms with van der Waals surface area (Å²) >= 11 is 1.94. The van der Waals surface area contributed by atoms with Gasteiger partial charge in [0.1, 0.15) is 6.10 Å². The maximum atomic E-state index is 10.2. The second-order valence-electron chi connectivity index (χ2n) is 8.21. The summed E-state index contributed by atoms with van der Waals surface area (Å²) in [5.41, 5.74) is 0.743. The van der Waals surface area contributed by atoms with Crippen LogP contribution < -0.4 is 0 Å². The molecule has 1 aromatic rings. The number of hydrogen-bond donors (Lipinski definition) is 1. The molecule has 0 bridgehead atoms. The van der Waals surface area contributed by atoms with Crippen molar-refractivity contribution >= 4 is 11.8 Å². The van der Waals surface area contributed by atoms with Gasteiger partial charge in [0, 0.05) is 13.0 Å². The van der Waals surface area contributed by atoms with E-state index in [2.05, 4.69) is 39.5 Å². The summed E-state index contributed by atoms with van der Waals surface area (Å²) in [5, 5.41) is 10.2. The molecule has 1 rings (SSSR count). The van der Waals surface area contributed by atoms with Crippen LogP contribution >= 0.6 is 11.8 Å². The van der Waals surface area contributed by atoms with E-state index in [1.54, 1.807) is 6.08 Å². The van der Waals surface area contributed by atoms with Gasteiger partial charge in [0.05, 0.1) is 44.7 Å². The first kappa shape index (κ1) is 28.1. The smallest absolute Gasteiger partial charge is 0.101 e. The molecule has 0 heterocycles. The molecule has 6 heteroatoms. The summed E-state index contributed by atoms with van der Waals surface area (Å²) in [4.78, 5) is 0. The predicted octanol–water partition coefficient (Wildman–Crippen LogP) is 4.87. The molecule has 0 radical (unpaired) electrons. The molecule has 0 aliphatic heterocycles. The predicted molar refractivity (Wildman–Crippen MR) is 130 cm³/mol. The quantitative estimate of drug-likeness (QED) is 0.224. The maximum absolute atomic E-state index is 10.2. The minimum absolute atomic E-state index is 0.189. The van der Waals surface area contributed by atoms with Gasteiger partial charge in [-0.1, -0.05) is 43.3 Å². The van der Waals surface area contributed by atoms with Crippen molar-refractivity contribution in [1.29, 1.82) is 0 Å². The SMILES string of the molecule is C=CCOCC(CC(C)(C)OCc1ccccc1)OCC(O)COCCCSCCC. The fourth-order valence-electron chi connectivity index (χ4n) is 2.93. The van der Waals surface area contributed by atoms with Gasteiger partial charge < -0.3 is 24.1 Å². The van der Waals surface area contributed by atoms with Crippen LogP contribution in [0.5, 0.6) is 0 Å². The van der Waals surface area contributed by atoms with Gasteiger partial charge in [0.15, 0.2) is 0 Å². The third-order valence-corrected chi connectivity index (χ3v) is 5.77. The van der Waals surface area contributed by atoms with Crippen LogP contribution in [0.4, 0.5) is 0 Å². The summed E-state index contributed by atoms with van der Waals surface area (Å²) in [5.74, 6) is 2.29. The van der Waals surface area contributed by atoms with Gasteiger partial charge in [-0.05, 0) is 43.8 Å². The molecule has 0 spiro atoms. The van der Waals surface area contributed by atoms with E-state index in [4.69, 9.17) is 18.9 Å². The highest BCUT2D eigenvalue weighted by Crippen LogP contribution is 2.21. The minimum atomic E-state index is -0.654. The molecular formula is C25H42O5S. The van der Waals surface area contributed by atoms with E-state index in [1.807, 2.05) is 30.0 Å². The Morgan fingerprint density at radius 1 is 1.10 bits per heavy atom. The van der Waals surface area contributed by atoms with Crippen molar-refractivity contribution < 1.29 is 24.1 Å². The lowest BCUT2D eigenvalue weighted by Gasteiger charge is -2.30. The zero-order valence-electron chi connectivity index (χ0n) is 19.6. The Kier molecular flexibility index (Phi) is 16.0. The van der Waals surface area contributed by atoms with Crippen LogP contribution in [0, 0.1) is 0 Å². The molecule has 0 aliphatic rings. The standard InChI is InChI=1S/C25H42O5S/c1-5-13-27-21-24(17-25(3,4)30-18-22-11-8-7-9-12-22)29-20-23(26)19-28-14-10-16-31-15-6-2/h5,7-9,11-12,23-24,26H,1,6,10,13-21H2,2-4H3. The second kappa shape index (κ2) is 17.6. The van der Waals surface area contributed by atoms with Crippen molar-refractivity contribution in [2.45, 2.75) is 64.4 Å². The monoisotopic (exact) mass is 454 g/mol. The summed E-state index contributed by atoms with van der Waals surface area (Å²) < 4.78 is 23.3. The molecule has 2 atom stereocenters. The molecular weight excluding hydrogens is 412 g/mol. The number of rotatable bonds is 20. The van der Waals surface area contributed by atoms with Gasteiger partial charge in [0.2, 0.25) is 0 Å². The molecule has 178 valence electrons. The Balaban J connectivity index is 2.36. The van der Waals surface area contributed by atoms with E-state index in [0.29, 0.717) is 32.8 Å². The first-order valence-corrected chi connectivity index (χ1v) is 12.4. The Hall–Kier alpha value is -0.890. The molecule has 1 N–H and O–H groups in total. The lowest BCUT2D eigenvalue weighted by molar-refractivity contribution is -0.109. The van der Waals surface area contributed by atoms with E-state index in [-0.39, 0.29) is 19.3 Å². The van der Waals surface area contributed by atoms with Crippen molar-refractivity contribution in [3.8, 4) is 0 Å². The van der Waals surface area contributed by atoms with E-state index in [9.17, 15) is 5.11 Å². The lowest BCUT2D eigenvalue weighted by Crippen LogP contribution is -2.36. The summed E-state index contributed by atoms with van der Waals surface area (Å²) in [6.45, 7) is 12.6. The molecule has 0 fully saturated rings. The van der Waals surface area contributed by atoms with Gasteiger partial charge >= 0.3 is 0 Å². The summed E-state index contributed by atoms with van der Waals surface area (Å²) in [6.07, 6.45) is 3.73. The molecule has 2 unspecified atom stereocenters. The van der Waals surface area contributed by atoms with Crippen LogP contribution in [0.25, 0.3) is 0 Å². The number of benzene rings is 1. The van der Waals surface area contributed by atoms with Crippen LogP contribution in [-0.4, -0.2) is 67.5 Å². The van der Waals surface area contributed by atoms with Gasteiger partial charge in [-0.25, -0.2) is 0 Å². The Labute approximate surface area is 193 Å². The van der Waals surface area contributed by atoms with E-state index < -0.39 is 11.7 Å². The van der Waals surface area contributed by atoms with Crippen molar-refractivity contribution in [2.24, 2.45) is 0 Å². The van der Waals surface area contributed by atoms with Crippen molar-refractivity contribution in [3.05, 3.63) is 48.6 Å². The van der Waals surface area contributed by atoms with Crippen LogP contribution in [0.2, 0.25) is 0 Å². The average molecular weight is 455 g/mol. The number of hydrogen-bond acceptors (Lipinski definition) is 6. The van der Waals surface area contributed by atoms with E-state index in [0.717, 1.165) is 17.7 Å². The van der Waals surface area contributed by atoms with Crippen molar-refractivity contribution in [1.82, 2.24) is 0 Å². The fraction of sp³-hybridized carbons (Fsp3) is 0.680. The number of thioether (sulfide) groups is 1. The first-order valence-electron chi connectivity index (χ1n) is 11.3. The largest absolute Gasteiger partial charge is 0.388 e. The third-order valence-electron chi connectivity index (χ3n) is 4.49. The van der Waals surface area contributed by atoms with Crippen LogP contribution in [0.3, 0.4) is 0 Å². The highest BCUT2D eigenvalue weighted by Gasteiger charge is 2.25. The number of aliphatic hydroxyl groups is 1. The van der Waals surface area contributed by atoms with Crippen LogP contribution in [-0.2, 0) is 25.6 Å². The Bertz CT molecular complexity index is 552. The molecule has 5 nitrogen and oxygen atoms in total. The molecule has 0 aliphatic carbocycles. The zero-order valence-corrected chi connectivity index (χ0v) is 20.4. The van der Waals surface area contributed by atoms with Crippen molar-refractivity contribution in [3.63, 3.8) is 0 Å². The molecule has 0 aromatic heterocycles. The number of ether oxygens (including phenoxy) is 4. The van der Waals surface area contributed by atoms with Gasteiger partial charge in [0.25, 0.3) is 0 Å². The Morgan fingerprint density at radius 2 is 1.87 bits per heavy atom. The zero-order chi connectivity index (χ0) is 22.8. The number of aliphatic hydroxyl groups excluding tert-OH is 1. The lowest BCUT2D eigenvalue weighted by atomic mass is 10.0. The molecule has 31 heavy (non-hydrogen) atoms. The highest BCUT2D eigenvalue weighted by molar-refractivity contribution is 7.99. The van der Waals surface area contributed by atoms with E-state index in [1.165, 1.54) is 12.2 Å². The normalized spacial score (nSPS) is 13.8. The first-order chi connectivity index (χ1) is 15.0. The topological polar surface area (TPSA) is 57.2 Å². The molecule has 0 saturated heterocycles. The average Bonchev–Trinajstić information content (AvgIpc) is 2.76. The highest BCUT2D eigenvalue weighted by atomic mass is 32.2. The second-order valence-corrected chi connectivity index (χ2v) is 9.44. The van der Waals surface area contributed by atoms with Crippen molar-refractivity contribution in [2.75, 3.05) is 44.5 Å². The maximum Gasteiger partial charge on any atom is 0.101 e. The summed E-state index contributed by atoms with van der Waals surface area (Å²) in [7, 11) is 0. The Morgan fingerprint density at radius 3 is 2.58 bits per heavy atom. The van der Waals surface area contributed by atoms with Gasteiger partial charge in [-0.2, -0.15) is 11.8 Å². The van der Waals surface area contributed by atoms with Gasteiger partial charge in [-0.3, -0.25) is 0 Å². The van der Waals surface area contributed by atoms with Crippen LogP contribution in [0.15, 0.2) is 43.0 Å². The molecule has 0 amide bonds. The van der Waals surface area contributed by atoms with Crippen LogP contribution in [0.1, 0.15) is 45.6 Å². The minimum Gasteiger partial charge on any atom is -0.388 e. The van der Waals surface area contributed by atoms with E-state index >= 15 is 0 Å². The fourth-order valence-corrected chi connectivity index (χ4v) is 3.75. The molecule has 0 saturated carbocycles. The summed E-state index contributed by atoms with van der Waals surface area (Å²) in [6, 6.07) is 10.1.